The van der Waals surface area contributed by atoms with E-state index >= 15 is 0 Å². The maximum atomic E-state index is 12.7. The SMILES string of the molecule is CC1CN(S(=O)(=O)c2ccc3c(c2)OCCO3)CC(C)O1. The van der Waals surface area contributed by atoms with Crippen LogP contribution in [0.4, 0.5) is 0 Å². The molecule has 0 aromatic heterocycles. The lowest BCUT2D eigenvalue weighted by atomic mass is 10.3. The van der Waals surface area contributed by atoms with Crippen molar-refractivity contribution in [3.05, 3.63) is 18.2 Å². The van der Waals surface area contributed by atoms with Gasteiger partial charge in [0.05, 0.1) is 17.1 Å². The summed E-state index contributed by atoms with van der Waals surface area (Å²) in [5.74, 6) is 1.07. The predicted octanol–water partition coefficient (Wildman–Crippen LogP) is 1.26. The van der Waals surface area contributed by atoms with Crippen LogP contribution in [-0.2, 0) is 14.8 Å². The second-order valence-electron chi connectivity index (χ2n) is 5.38. The summed E-state index contributed by atoms with van der Waals surface area (Å²) in [4.78, 5) is 0.230. The van der Waals surface area contributed by atoms with Gasteiger partial charge >= 0.3 is 0 Å². The first-order chi connectivity index (χ1) is 9.96. The molecule has 2 heterocycles. The van der Waals surface area contributed by atoms with Crippen molar-refractivity contribution in [2.75, 3.05) is 26.3 Å². The second-order valence-corrected chi connectivity index (χ2v) is 7.32. The largest absolute Gasteiger partial charge is 0.486 e. The number of nitrogens with zero attached hydrogens (tertiary/aromatic N) is 1. The van der Waals surface area contributed by atoms with Gasteiger partial charge in [0.25, 0.3) is 0 Å². The van der Waals surface area contributed by atoms with E-state index in [2.05, 4.69) is 0 Å². The smallest absolute Gasteiger partial charge is 0.243 e. The zero-order chi connectivity index (χ0) is 15.0. The van der Waals surface area contributed by atoms with E-state index in [-0.39, 0.29) is 17.1 Å². The first-order valence-electron chi connectivity index (χ1n) is 7.02. The van der Waals surface area contributed by atoms with Gasteiger partial charge in [0.2, 0.25) is 10.0 Å². The number of sulfonamides is 1. The Kier molecular flexibility index (Phi) is 3.81. The molecular formula is C14H19NO5S. The van der Waals surface area contributed by atoms with E-state index < -0.39 is 10.0 Å². The number of ether oxygens (including phenoxy) is 3. The molecule has 0 N–H and O–H groups in total. The molecule has 0 bridgehead atoms. The van der Waals surface area contributed by atoms with Crippen molar-refractivity contribution in [2.24, 2.45) is 0 Å². The molecule has 21 heavy (non-hydrogen) atoms. The maximum Gasteiger partial charge on any atom is 0.243 e. The fourth-order valence-electron chi connectivity index (χ4n) is 2.66. The molecule has 2 aliphatic rings. The Labute approximate surface area is 124 Å². The van der Waals surface area contributed by atoms with E-state index in [1.165, 1.54) is 10.4 Å². The fraction of sp³-hybridized carbons (Fsp3) is 0.571. The van der Waals surface area contributed by atoms with Crippen LogP contribution in [0.25, 0.3) is 0 Å². The fourth-order valence-corrected chi connectivity index (χ4v) is 4.27. The standard InChI is InChI=1S/C14H19NO5S/c1-10-8-15(9-11(2)20-10)21(16,17)12-3-4-13-14(7-12)19-6-5-18-13/h3-4,7,10-11H,5-6,8-9H2,1-2H3. The van der Waals surface area contributed by atoms with E-state index in [9.17, 15) is 8.42 Å². The first kappa shape index (κ1) is 14.6. The Morgan fingerprint density at radius 2 is 1.67 bits per heavy atom. The van der Waals surface area contributed by atoms with Crippen molar-refractivity contribution < 1.29 is 22.6 Å². The second kappa shape index (κ2) is 5.47. The van der Waals surface area contributed by atoms with Crippen LogP contribution in [0.1, 0.15) is 13.8 Å². The number of hydrogen-bond donors (Lipinski definition) is 0. The third kappa shape index (κ3) is 2.86. The lowest BCUT2D eigenvalue weighted by molar-refractivity contribution is -0.0440. The van der Waals surface area contributed by atoms with Crippen LogP contribution in [0, 0.1) is 0 Å². The van der Waals surface area contributed by atoms with Crippen molar-refractivity contribution in [2.45, 2.75) is 31.0 Å². The van der Waals surface area contributed by atoms with E-state index in [0.717, 1.165) is 0 Å². The molecule has 2 unspecified atom stereocenters. The third-order valence-electron chi connectivity index (χ3n) is 3.54. The summed E-state index contributed by atoms with van der Waals surface area (Å²) in [7, 11) is -3.54. The van der Waals surface area contributed by atoms with Crippen molar-refractivity contribution in [1.29, 1.82) is 0 Å². The molecule has 0 amide bonds. The minimum absolute atomic E-state index is 0.110. The summed E-state index contributed by atoms with van der Waals surface area (Å²) >= 11 is 0. The molecule has 2 aliphatic heterocycles. The van der Waals surface area contributed by atoms with Crippen LogP contribution >= 0.6 is 0 Å². The first-order valence-corrected chi connectivity index (χ1v) is 8.46. The molecule has 7 heteroatoms. The van der Waals surface area contributed by atoms with Crippen molar-refractivity contribution in [3.8, 4) is 11.5 Å². The van der Waals surface area contributed by atoms with Gasteiger partial charge in [0, 0.05) is 19.2 Å². The number of rotatable bonds is 2. The minimum Gasteiger partial charge on any atom is -0.486 e. The van der Waals surface area contributed by atoms with Crippen LogP contribution in [0.3, 0.4) is 0 Å². The average molecular weight is 313 g/mol. The van der Waals surface area contributed by atoms with Gasteiger partial charge in [0.1, 0.15) is 13.2 Å². The Morgan fingerprint density at radius 3 is 2.33 bits per heavy atom. The van der Waals surface area contributed by atoms with Crippen LogP contribution in [-0.4, -0.2) is 51.2 Å². The summed E-state index contributed by atoms with van der Waals surface area (Å²) in [6, 6.07) is 4.75. The zero-order valence-corrected chi connectivity index (χ0v) is 12.9. The number of morpholine rings is 1. The molecule has 0 saturated carbocycles. The molecule has 6 nitrogen and oxygen atoms in total. The lowest BCUT2D eigenvalue weighted by Gasteiger charge is -2.34. The number of benzene rings is 1. The van der Waals surface area contributed by atoms with Crippen LogP contribution in [0.5, 0.6) is 11.5 Å². The molecular weight excluding hydrogens is 294 g/mol. The zero-order valence-electron chi connectivity index (χ0n) is 12.1. The predicted molar refractivity (Wildman–Crippen MR) is 76.2 cm³/mol. The topological polar surface area (TPSA) is 65.1 Å². The van der Waals surface area contributed by atoms with Gasteiger partial charge in [-0.3, -0.25) is 0 Å². The van der Waals surface area contributed by atoms with E-state index in [1.807, 2.05) is 13.8 Å². The van der Waals surface area contributed by atoms with Gasteiger partial charge < -0.3 is 14.2 Å². The number of fused-ring (bicyclic) bond motifs is 1. The molecule has 1 aromatic rings. The summed E-state index contributed by atoms with van der Waals surface area (Å²) in [5.41, 5.74) is 0. The Hall–Kier alpha value is -1.31. The van der Waals surface area contributed by atoms with Gasteiger partial charge in [-0.05, 0) is 26.0 Å². The van der Waals surface area contributed by atoms with Gasteiger partial charge in [-0.2, -0.15) is 4.31 Å². The molecule has 0 aliphatic carbocycles. The van der Waals surface area contributed by atoms with Crippen LogP contribution in [0.15, 0.2) is 23.1 Å². The monoisotopic (exact) mass is 313 g/mol. The average Bonchev–Trinajstić information content (AvgIpc) is 2.45. The summed E-state index contributed by atoms with van der Waals surface area (Å²) in [5, 5.41) is 0. The Balaban J connectivity index is 1.91. The molecule has 1 aromatic carbocycles. The molecule has 0 spiro atoms. The van der Waals surface area contributed by atoms with E-state index in [4.69, 9.17) is 14.2 Å². The highest BCUT2D eigenvalue weighted by atomic mass is 32.2. The van der Waals surface area contributed by atoms with Gasteiger partial charge in [0.15, 0.2) is 11.5 Å². The quantitative estimate of drug-likeness (QED) is 0.822. The minimum atomic E-state index is -3.54. The van der Waals surface area contributed by atoms with E-state index in [0.29, 0.717) is 37.8 Å². The third-order valence-corrected chi connectivity index (χ3v) is 5.37. The molecule has 0 radical (unpaired) electrons. The molecule has 1 saturated heterocycles. The normalized spacial score (nSPS) is 26.6. The highest BCUT2D eigenvalue weighted by Gasteiger charge is 2.32. The lowest BCUT2D eigenvalue weighted by Crippen LogP contribution is -2.48. The van der Waals surface area contributed by atoms with Crippen molar-refractivity contribution in [3.63, 3.8) is 0 Å². The summed E-state index contributed by atoms with van der Waals surface area (Å²) in [6.45, 7) is 5.39. The van der Waals surface area contributed by atoms with Gasteiger partial charge in [-0.25, -0.2) is 8.42 Å². The Bertz CT molecular complexity index is 620. The highest BCUT2D eigenvalue weighted by molar-refractivity contribution is 7.89. The molecule has 3 rings (SSSR count). The number of hydrogen-bond acceptors (Lipinski definition) is 5. The van der Waals surface area contributed by atoms with E-state index in [1.54, 1.807) is 12.1 Å². The van der Waals surface area contributed by atoms with Crippen molar-refractivity contribution in [1.82, 2.24) is 4.31 Å². The highest BCUT2D eigenvalue weighted by Crippen LogP contribution is 2.33. The van der Waals surface area contributed by atoms with Crippen LogP contribution < -0.4 is 9.47 Å². The summed E-state index contributed by atoms with van der Waals surface area (Å²) in [6.07, 6.45) is -0.221. The molecule has 2 atom stereocenters. The van der Waals surface area contributed by atoms with Gasteiger partial charge in [-0.1, -0.05) is 0 Å². The van der Waals surface area contributed by atoms with Gasteiger partial charge in [-0.15, -0.1) is 0 Å². The molecule has 116 valence electrons. The maximum absolute atomic E-state index is 12.7. The Morgan fingerprint density at radius 1 is 1.05 bits per heavy atom. The molecule has 1 fully saturated rings. The summed E-state index contributed by atoms with van der Waals surface area (Å²) < 4.78 is 43.4. The van der Waals surface area contributed by atoms with Crippen molar-refractivity contribution >= 4 is 10.0 Å². The van der Waals surface area contributed by atoms with Crippen LogP contribution in [0.2, 0.25) is 0 Å².